The SMILES string of the molecule is Cc1nc(CCNC(=O)N2CCCC(O)C2)sc1C. The monoisotopic (exact) mass is 283 g/mol. The summed E-state index contributed by atoms with van der Waals surface area (Å²) in [5, 5.41) is 13.5. The summed E-state index contributed by atoms with van der Waals surface area (Å²) in [4.78, 5) is 19.3. The number of hydrogen-bond donors (Lipinski definition) is 2. The average molecular weight is 283 g/mol. The van der Waals surface area contributed by atoms with Crippen LogP contribution in [0.3, 0.4) is 0 Å². The van der Waals surface area contributed by atoms with E-state index in [2.05, 4.69) is 17.2 Å². The molecular formula is C13H21N3O2S. The number of aliphatic hydroxyl groups is 1. The van der Waals surface area contributed by atoms with Gasteiger partial charge >= 0.3 is 6.03 Å². The molecule has 1 fully saturated rings. The normalized spacial score (nSPS) is 19.5. The van der Waals surface area contributed by atoms with Crippen LogP contribution in [0.4, 0.5) is 4.79 Å². The zero-order valence-corrected chi connectivity index (χ0v) is 12.3. The van der Waals surface area contributed by atoms with E-state index in [1.54, 1.807) is 16.2 Å². The number of aromatic nitrogens is 1. The van der Waals surface area contributed by atoms with E-state index in [0.717, 1.165) is 36.5 Å². The molecule has 0 aromatic carbocycles. The van der Waals surface area contributed by atoms with Gasteiger partial charge in [0.1, 0.15) is 0 Å². The van der Waals surface area contributed by atoms with Crippen LogP contribution >= 0.6 is 11.3 Å². The van der Waals surface area contributed by atoms with Gasteiger partial charge in [0, 0.05) is 30.9 Å². The molecule has 2 amide bonds. The van der Waals surface area contributed by atoms with Crippen molar-refractivity contribution in [2.75, 3.05) is 19.6 Å². The molecule has 1 aliphatic heterocycles. The number of carbonyl (C=O) groups excluding carboxylic acids is 1. The van der Waals surface area contributed by atoms with Gasteiger partial charge in [0.2, 0.25) is 0 Å². The van der Waals surface area contributed by atoms with Gasteiger partial charge in [-0.15, -0.1) is 11.3 Å². The Kier molecular flexibility index (Phi) is 4.76. The average Bonchev–Trinajstić information content (AvgIpc) is 2.68. The van der Waals surface area contributed by atoms with Crippen molar-refractivity contribution in [2.24, 2.45) is 0 Å². The van der Waals surface area contributed by atoms with Gasteiger partial charge in [0.05, 0.1) is 16.8 Å². The van der Waals surface area contributed by atoms with E-state index in [0.29, 0.717) is 13.1 Å². The number of β-amino-alcohol motifs (C(OH)–C–C–N with tert-alkyl or cyclic N) is 1. The van der Waals surface area contributed by atoms with Crippen LogP contribution in [-0.2, 0) is 6.42 Å². The molecular weight excluding hydrogens is 262 g/mol. The van der Waals surface area contributed by atoms with Crippen LogP contribution in [0.2, 0.25) is 0 Å². The van der Waals surface area contributed by atoms with Crippen molar-refractivity contribution in [3.8, 4) is 0 Å². The van der Waals surface area contributed by atoms with Crippen molar-refractivity contribution >= 4 is 17.4 Å². The molecule has 1 atom stereocenters. The number of aryl methyl sites for hydroxylation is 2. The number of rotatable bonds is 3. The smallest absolute Gasteiger partial charge is 0.317 e. The molecule has 0 aliphatic carbocycles. The van der Waals surface area contributed by atoms with E-state index < -0.39 is 0 Å². The third-order valence-corrected chi connectivity index (χ3v) is 4.50. The molecule has 5 nitrogen and oxygen atoms in total. The molecule has 1 aliphatic rings. The highest BCUT2D eigenvalue weighted by atomic mass is 32.1. The van der Waals surface area contributed by atoms with Gasteiger partial charge in [-0.25, -0.2) is 9.78 Å². The fourth-order valence-electron chi connectivity index (χ4n) is 2.17. The Labute approximate surface area is 117 Å². The van der Waals surface area contributed by atoms with E-state index in [4.69, 9.17) is 0 Å². The number of piperidine rings is 1. The Balaban J connectivity index is 1.74. The van der Waals surface area contributed by atoms with Gasteiger partial charge in [0.25, 0.3) is 0 Å². The largest absolute Gasteiger partial charge is 0.391 e. The molecule has 0 saturated carbocycles. The van der Waals surface area contributed by atoms with Gasteiger partial charge in [0.15, 0.2) is 0 Å². The first kappa shape index (κ1) is 14.3. The van der Waals surface area contributed by atoms with Crippen molar-refractivity contribution in [2.45, 2.75) is 39.2 Å². The van der Waals surface area contributed by atoms with E-state index in [9.17, 15) is 9.90 Å². The van der Waals surface area contributed by atoms with E-state index >= 15 is 0 Å². The van der Waals surface area contributed by atoms with E-state index in [1.165, 1.54) is 4.88 Å². The number of nitrogens with one attached hydrogen (secondary N) is 1. The van der Waals surface area contributed by atoms with Crippen molar-refractivity contribution < 1.29 is 9.90 Å². The predicted molar refractivity (Wildman–Crippen MR) is 75.5 cm³/mol. The minimum atomic E-state index is -0.372. The topological polar surface area (TPSA) is 65.5 Å². The first-order valence-corrected chi connectivity index (χ1v) is 7.51. The quantitative estimate of drug-likeness (QED) is 0.883. The lowest BCUT2D eigenvalue weighted by molar-refractivity contribution is 0.0843. The van der Waals surface area contributed by atoms with Crippen LogP contribution in [0, 0.1) is 13.8 Å². The van der Waals surface area contributed by atoms with Crippen molar-refractivity contribution in [3.05, 3.63) is 15.6 Å². The maximum absolute atomic E-state index is 11.9. The number of carbonyl (C=O) groups is 1. The molecule has 19 heavy (non-hydrogen) atoms. The molecule has 2 N–H and O–H groups in total. The number of hydrogen-bond acceptors (Lipinski definition) is 4. The summed E-state index contributed by atoms with van der Waals surface area (Å²) in [5.74, 6) is 0. The Morgan fingerprint density at radius 2 is 2.37 bits per heavy atom. The summed E-state index contributed by atoms with van der Waals surface area (Å²) in [6.07, 6.45) is 2.06. The van der Waals surface area contributed by atoms with Crippen LogP contribution in [-0.4, -0.2) is 46.8 Å². The minimum Gasteiger partial charge on any atom is -0.391 e. The molecule has 0 spiro atoms. The number of likely N-dealkylation sites (tertiary alicyclic amines) is 1. The molecule has 6 heteroatoms. The zero-order chi connectivity index (χ0) is 13.8. The maximum atomic E-state index is 11.9. The second kappa shape index (κ2) is 6.34. The fourth-order valence-corrected chi connectivity index (χ4v) is 3.11. The maximum Gasteiger partial charge on any atom is 0.317 e. The third-order valence-electron chi connectivity index (χ3n) is 3.37. The van der Waals surface area contributed by atoms with Crippen LogP contribution in [0.15, 0.2) is 0 Å². The zero-order valence-electron chi connectivity index (χ0n) is 11.5. The summed E-state index contributed by atoms with van der Waals surface area (Å²) >= 11 is 1.69. The van der Waals surface area contributed by atoms with Crippen LogP contribution < -0.4 is 5.32 Å². The standard InChI is InChI=1S/C13H21N3O2S/c1-9-10(2)19-12(15-9)5-6-14-13(18)16-7-3-4-11(17)8-16/h11,17H,3-8H2,1-2H3,(H,14,18). The summed E-state index contributed by atoms with van der Waals surface area (Å²) in [6.45, 7) is 5.84. The molecule has 1 aromatic rings. The van der Waals surface area contributed by atoms with E-state index in [-0.39, 0.29) is 12.1 Å². The van der Waals surface area contributed by atoms with Gasteiger partial charge in [-0.05, 0) is 26.7 Å². The van der Waals surface area contributed by atoms with Crippen LogP contribution in [0.5, 0.6) is 0 Å². The third kappa shape index (κ3) is 3.91. The molecule has 106 valence electrons. The number of aliphatic hydroxyl groups excluding tert-OH is 1. The van der Waals surface area contributed by atoms with Gasteiger partial charge in [-0.1, -0.05) is 0 Å². The second-order valence-electron chi connectivity index (χ2n) is 4.97. The number of thiazole rings is 1. The van der Waals surface area contributed by atoms with Crippen molar-refractivity contribution in [3.63, 3.8) is 0 Å². The summed E-state index contributed by atoms with van der Waals surface area (Å²) < 4.78 is 0. The highest BCUT2D eigenvalue weighted by Gasteiger charge is 2.21. The first-order chi connectivity index (χ1) is 9.06. The second-order valence-corrected chi connectivity index (χ2v) is 6.26. The lowest BCUT2D eigenvalue weighted by Crippen LogP contribution is -2.47. The Hall–Kier alpha value is -1.14. The number of nitrogens with zero attached hydrogens (tertiary/aromatic N) is 2. The summed E-state index contributed by atoms with van der Waals surface area (Å²) in [5.41, 5.74) is 1.07. The van der Waals surface area contributed by atoms with E-state index in [1.807, 2.05) is 6.92 Å². The van der Waals surface area contributed by atoms with Crippen molar-refractivity contribution in [1.82, 2.24) is 15.2 Å². The lowest BCUT2D eigenvalue weighted by atomic mass is 10.1. The fraction of sp³-hybridized carbons (Fsp3) is 0.692. The molecule has 2 rings (SSSR count). The Morgan fingerprint density at radius 1 is 1.58 bits per heavy atom. The minimum absolute atomic E-state index is 0.0799. The van der Waals surface area contributed by atoms with Gasteiger partial charge in [-0.2, -0.15) is 0 Å². The summed E-state index contributed by atoms with van der Waals surface area (Å²) in [7, 11) is 0. The van der Waals surface area contributed by atoms with Crippen molar-refractivity contribution in [1.29, 1.82) is 0 Å². The molecule has 0 bridgehead atoms. The van der Waals surface area contributed by atoms with Gasteiger partial charge in [-0.3, -0.25) is 0 Å². The molecule has 2 heterocycles. The molecule has 0 radical (unpaired) electrons. The lowest BCUT2D eigenvalue weighted by Gasteiger charge is -2.30. The molecule has 1 aromatic heterocycles. The Bertz CT molecular complexity index is 428. The summed E-state index contributed by atoms with van der Waals surface area (Å²) in [6, 6.07) is -0.0799. The van der Waals surface area contributed by atoms with Gasteiger partial charge < -0.3 is 15.3 Å². The Morgan fingerprint density at radius 3 is 3.00 bits per heavy atom. The molecule has 1 saturated heterocycles. The van der Waals surface area contributed by atoms with Crippen LogP contribution in [0.1, 0.15) is 28.4 Å². The first-order valence-electron chi connectivity index (χ1n) is 6.70. The predicted octanol–water partition coefficient (Wildman–Crippen LogP) is 1.47. The number of amides is 2. The van der Waals surface area contributed by atoms with Crippen LogP contribution in [0.25, 0.3) is 0 Å². The number of urea groups is 1. The molecule has 1 unspecified atom stereocenters. The highest BCUT2D eigenvalue weighted by Crippen LogP contribution is 2.16. The highest BCUT2D eigenvalue weighted by molar-refractivity contribution is 7.11.